The summed E-state index contributed by atoms with van der Waals surface area (Å²) in [6.45, 7) is 0. The number of carbonyl (C=O) groups excluding carboxylic acids is 2. The lowest BCUT2D eigenvalue weighted by Gasteiger charge is -2.09. The van der Waals surface area contributed by atoms with Gasteiger partial charge in [-0.25, -0.2) is 0 Å². The molecule has 0 spiro atoms. The first kappa shape index (κ1) is 10.9. The van der Waals surface area contributed by atoms with E-state index < -0.39 is 17.2 Å². The third-order valence-electron chi connectivity index (χ3n) is 2.30. The van der Waals surface area contributed by atoms with Crippen LogP contribution in [0.5, 0.6) is 0 Å². The Labute approximate surface area is 105 Å². The number of carbonyl (C=O) groups is 2. The first-order valence-corrected chi connectivity index (χ1v) is 5.85. The molecule has 1 aromatic rings. The number of benzene rings is 1. The molecule has 1 fully saturated rings. The predicted molar refractivity (Wildman–Crippen MR) is 64.7 cm³/mol. The van der Waals surface area contributed by atoms with Crippen molar-refractivity contribution >= 4 is 46.0 Å². The zero-order valence-electron chi connectivity index (χ0n) is 7.54. The highest BCUT2D eigenvalue weighted by molar-refractivity contribution is 14.1. The molecule has 1 heterocycles. The number of halogens is 2. The van der Waals surface area contributed by atoms with Crippen molar-refractivity contribution in [2.45, 2.75) is 11.3 Å². The zero-order chi connectivity index (χ0) is 11.0. The molecular weight excluding hydrogens is 328 g/mol. The molecule has 0 radical (unpaired) electrons. The molecule has 1 N–H and O–H groups in total. The van der Waals surface area contributed by atoms with Crippen LogP contribution in [0.15, 0.2) is 24.3 Å². The van der Waals surface area contributed by atoms with Crippen LogP contribution in [0, 0.1) is 3.57 Å². The Morgan fingerprint density at radius 1 is 1.13 bits per heavy atom. The number of alkyl halides is 1. The number of nitrogens with one attached hydrogen (secondary N) is 1. The summed E-state index contributed by atoms with van der Waals surface area (Å²) in [5.41, 5.74) is 0.777. The number of imide groups is 1. The Hall–Kier alpha value is -0.620. The van der Waals surface area contributed by atoms with Gasteiger partial charge in [0, 0.05) is 3.57 Å². The van der Waals surface area contributed by atoms with E-state index in [1.165, 1.54) is 0 Å². The van der Waals surface area contributed by atoms with E-state index in [1.807, 2.05) is 24.3 Å². The summed E-state index contributed by atoms with van der Waals surface area (Å²) in [5.74, 6) is -1.29. The molecule has 15 heavy (non-hydrogen) atoms. The highest BCUT2D eigenvalue weighted by Crippen LogP contribution is 2.28. The first-order valence-electron chi connectivity index (χ1n) is 4.34. The highest BCUT2D eigenvalue weighted by Gasteiger charge is 2.41. The van der Waals surface area contributed by atoms with Crippen molar-refractivity contribution in [3.8, 4) is 0 Å². The van der Waals surface area contributed by atoms with Crippen molar-refractivity contribution in [2.75, 3.05) is 0 Å². The van der Waals surface area contributed by atoms with E-state index in [-0.39, 0.29) is 5.91 Å². The quantitative estimate of drug-likeness (QED) is 0.482. The third kappa shape index (κ3) is 2.01. The second kappa shape index (κ2) is 4.09. The van der Waals surface area contributed by atoms with Crippen LogP contribution in [0.4, 0.5) is 0 Å². The molecule has 0 bridgehead atoms. The molecule has 2 amide bonds. The molecule has 1 aromatic carbocycles. The molecule has 5 heteroatoms. The van der Waals surface area contributed by atoms with Crippen LogP contribution >= 0.6 is 34.2 Å². The molecule has 1 aliphatic rings. The Bertz CT molecular complexity index is 418. The second-order valence-electron chi connectivity index (χ2n) is 3.28. The maximum Gasteiger partial charge on any atom is 0.245 e. The standard InChI is InChI=1S/C10H7ClINO2/c11-8-7(9(14)13-10(8)15)5-1-3-6(12)4-2-5/h1-4,7-8H,(H,13,14,15). The normalized spacial score (nSPS) is 25.5. The maximum atomic E-state index is 11.5. The topological polar surface area (TPSA) is 46.2 Å². The van der Waals surface area contributed by atoms with Gasteiger partial charge >= 0.3 is 0 Å². The van der Waals surface area contributed by atoms with Gasteiger partial charge < -0.3 is 0 Å². The lowest BCUT2D eigenvalue weighted by atomic mass is 9.97. The fraction of sp³-hybridized carbons (Fsp3) is 0.200. The number of hydrogen-bond acceptors (Lipinski definition) is 2. The largest absolute Gasteiger partial charge is 0.295 e. The molecular formula is C10H7ClINO2. The molecule has 0 saturated carbocycles. The molecule has 78 valence electrons. The van der Waals surface area contributed by atoms with Gasteiger partial charge in [0.15, 0.2) is 0 Å². The lowest BCUT2D eigenvalue weighted by molar-refractivity contribution is -0.125. The summed E-state index contributed by atoms with van der Waals surface area (Å²) in [6, 6.07) is 7.41. The summed E-state index contributed by atoms with van der Waals surface area (Å²) in [7, 11) is 0. The monoisotopic (exact) mass is 335 g/mol. The van der Waals surface area contributed by atoms with Gasteiger partial charge in [0.05, 0.1) is 5.92 Å². The Balaban J connectivity index is 2.34. The zero-order valence-corrected chi connectivity index (χ0v) is 10.4. The van der Waals surface area contributed by atoms with Crippen molar-refractivity contribution in [1.82, 2.24) is 5.32 Å². The molecule has 3 nitrogen and oxygen atoms in total. The number of hydrogen-bond donors (Lipinski definition) is 1. The average molecular weight is 336 g/mol. The van der Waals surface area contributed by atoms with Crippen molar-refractivity contribution in [3.05, 3.63) is 33.4 Å². The Morgan fingerprint density at radius 2 is 1.73 bits per heavy atom. The van der Waals surface area contributed by atoms with Crippen LogP contribution < -0.4 is 5.32 Å². The average Bonchev–Trinajstić information content (AvgIpc) is 2.44. The van der Waals surface area contributed by atoms with Gasteiger partial charge in [-0.3, -0.25) is 14.9 Å². The van der Waals surface area contributed by atoms with E-state index in [9.17, 15) is 9.59 Å². The summed E-state index contributed by atoms with van der Waals surface area (Å²) < 4.78 is 1.08. The van der Waals surface area contributed by atoms with Gasteiger partial charge in [0.1, 0.15) is 5.38 Å². The first-order chi connectivity index (χ1) is 7.09. The SMILES string of the molecule is O=C1NC(=O)C(c2ccc(I)cc2)C1Cl. The minimum atomic E-state index is -0.794. The fourth-order valence-electron chi connectivity index (χ4n) is 1.54. The van der Waals surface area contributed by atoms with Gasteiger partial charge in [-0.05, 0) is 40.3 Å². The van der Waals surface area contributed by atoms with Crippen LogP contribution in [0.1, 0.15) is 11.5 Å². The van der Waals surface area contributed by atoms with Gasteiger partial charge in [-0.15, -0.1) is 11.6 Å². The van der Waals surface area contributed by atoms with Crippen LogP contribution in [0.25, 0.3) is 0 Å². The molecule has 1 aliphatic heterocycles. The third-order valence-corrected chi connectivity index (χ3v) is 3.47. The van der Waals surface area contributed by atoms with Crippen molar-refractivity contribution in [1.29, 1.82) is 0 Å². The molecule has 2 unspecified atom stereocenters. The highest BCUT2D eigenvalue weighted by atomic mass is 127. The van der Waals surface area contributed by atoms with Crippen LogP contribution in [0.3, 0.4) is 0 Å². The number of amides is 2. The van der Waals surface area contributed by atoms with E-state index in [2.05, 4.69) is 27.9 Å². The van der Waals surface area contributed by atoms with Gasteiger partial charge in [0.2, 0.25) is 11.8 Å². The summed E-state index contributed by atoms with van der Waals surface area (Å²) in [4.78, 5) is 22.6. The van der Waals surface area contributed by atoms with Crippen molar-refractivity contribution in [2.24, 2.45) is 0 Å². The molecule has 0 aliphatic carbocycles. The van der Waals surface area contributed by atoms with Gasteiger partial charge in [-0.2, -0.15) is 0 Å². The molecule has 2 atom stereocenters. The smallest absolute Gasteiger partial charge is 0.245 e. The summed E-state index contributed by atoms with van der Waals surface area (Å²) in [5, 5.41) is 1.42. The Morgan fingerprint density at radius 3 is 2.20 bits per heavy atom. The lowest BCUT2D eigenvalue weighted by Crippen LogP contribution is -2.22. The van der Waals surface area contributed by atoms with E-state index in [4.69, 9.17) is 11.6 Å². The summed E-state index contributed by atoms with van der Waals surface area (Å²) >= 11 is 8.04. The Kier molecular flexibility index (Phi) is 2.97. The molecule has 2 rings (SSSR count). The van der Waals surface area contributed by atoms with Crippen LogP contribution in [0.2, 0.25) is 0 Å². The minimum absolute atomic E-state index is 0.318. The van der Waals surface area contributed by atoms with Crippen LogP contribution in [-0.2, 0) is 9.59 Å². The van der Waals surface area contributed by atoms with Crippen molar-refractivity contribution in [3.63, 3.8) is 0 Å². The summed E-state index contributed by atoms with van der Waals surface area (Å²) in [6.07, 6.45) is 0. The maximum absolute atomic E-state index is 11.5. The van der Waals surface area contributed by atoms with E-state index in [1.54, 1.807) is 0 Å². The predicted octanol–water partition coefficient (Wildman–Crippen LogP) is 1.64. The number of rotatable bonds is 1. The van der Waals surface area contributed by atoms with Gasteiger partial charge in [0.25, 0.3) is 0 Å². The molecule has 0 aromatic heterocycles. The van der Waals surface area contributed by atoms with E-state index in [0.717, 1.165) is 9.13 Å². The van der Waals surface area contributed by atoms with Crippen LogP contribution in [-0.4, -0.2) is 17.2 Å². The second-order valence-corrected chi connectivity index (χ2v) is 5.00. The van der Waals surface area contributed by atoms with E-state index in [0.29, 0.717) is 0 Å². The molecule has 1 saturated heterocycles. The fourth-order valence-corrected chi connectivity index (χ4v) is 2.22. The van der Waals surface area contributed by atoms with E-state index >= 15 is 0 Å². The minimum Gasteiger partial charge on any atom is -0.295 e. The van der Waals surface area contributed by atoms with Crippen molar-refractivity contribution < 1.29 is 9.59 Å². The van der Waals surface area contributed by atoms with Gasteiger partial charge in [-0.1, -0.05) is 12.1 Å².